The van der Waals surface area contributed by atoms with Crippen LogP contribution in [0.25, 0.3) is 0 Å². The molecule has 0 aromatic heterocycles. The van der Waals surface area contributed by atoms with Crippen LogP contribution >= 0.6 is 0 Å². The molecule has 0 bridgehead atoms. The van der Waals surface area contributed by atoms with Crippen molar-refractivity contribution in [2.45, 2.75) is 26.3 Å². The van der Waals surface area contributed by atoms with Crippen LogP contribution in [0.15, 0.2) is 30.5 Å². The van der Waals surface area contributed by atoms with Crippen LogP contribution in [0.4, 0.5) is 4.79 Å². The van der Waals surface area contributed by atoms with E-state index in [-0.39, 0.29) is 35.7 Å². The summed E-state index contributed by atoms with van der Waals surface area (Å²) in [6.45, 7) is 5.77. The molecule has 150 valence electrons. The normalized spacial score (nSPS) is 9.89. The van der Waals surface area contributed by atoms with Gasteiger partial charge in [-0.1, -0.05) is 6.58 Å². The van der Waals surface area contributed by atoms with Crippen molar-refractivity contribution in [2.75, 3.05) is 13.2 Å². The molecule has 0 saturated carbocycles. The van der Waals surface area contributed by atoms with Crippen LogP contribution in [0, 0.1) is 10.8 Å². The monoisotopic (exact) mass is 389 g/mol. The van der Waals surface area contributed by atoms with E-state index < -0.39 is 6.09 Å². The number of alkyl carbamates (subject to hydrolysis) is 1. The van der Waals surface area contributed by atoms with Gasteiger partial charge >= 0.3 is 6.09 Å². The Hall–Kier alpha value is -3.33. The van der Waals surface area contributed by atoms with Crippen molar-refractivity contribution in [1.29, 1.82) is 10.8 Å². The molecule has 0 aliphatic heterocycles. The van der Waals surface area contributed by atoms with E-state index in [2.05, 4.69) is 11.9 Å². The molecule has 9 nitrogen and oxygen atoms in total. The van der Waals surface area contributed by atoms with E-state index in [9.17, 15) is 14.4 Å². The third-order valence-electron chi connectivity index (χ3n) is 3.34. The van der Waals surface area contributed by atoms with E-state index in [4.69, 9.17) is 25.3 Å². The van der Waals surface area contributed by atoms with Crippen molar-refractivity contribution in [3.63, 3.8) is 0 Å². The number of aldehydes is 2. The summed E-state index contributed by atoms with van der Waals surface area (Å²) < 4.78 is 5.03. The molecule has 1 amide bonds. The first-order valence-corrected chi connectivity index (χ1v) is 8.45. The fourth-order valence-corrected chi connectivity index (χ4v) is 2.04. The van der Waals surface area contributed by atoms with Crippen LogP contribution in [-0.4, -0.2) is 43.3 Å². The minimum atomic E-state index is -0.637. The molecule has 0 saturated heterocycles. The number of carbonyl (C=O) groups is 3. The third kappa shape index (κ3) is 8.37. The lowest BCUT2D eigenvalue weighted by Gasteiger charge is -2.10. The Bertz CT molecular complexity index is 722. The molecule has 0 aliphatic carbocycles. The molecule has 0 atom stereocenters. The second-order valence-electron chi connectivity index (χ2n) is 5.79. The van der Waals surface area contributed by atoms with Crippen LogP contribution in [0.3, 0.4) is 0 Å². The Morgan fingerprint density at radius 1 is 1.07 bits per heavy atom. The molecule has 1 aromatic carbocycles. The maximum Gasteiger partial charge on any atom is 0.407 e. The molecule has 0 radical (unpaired) electrons. The first-order chi connectivity index (χ1) is 13.4. The van der Waals surface area contributed by atoms with Gasteiger partial charge in [-0.15, -0.1) is 0 Å². The van der Waals surface area contributed by atoms with Crippen LogP contribution in [0.1, 0.15) is 36.5 Å². The Morgan fingerprint density at radius 2 is 1.64 bits per heavy atom. The highest BCUT2D eigenvalue weighted by molar-refractivity contribution is 6.37. The molecular formula is C19H23N3O6. The summed E-state index contributed by atoms with van der Waals surface area (Å²) in [5.41, 5.74) is 0.444. The number of unbranched alkanes of at least 4 members (excludes halogenated alkanes) is 1. The Kier molecular flexibility index (Phi) is 9.84. The average Bonchev–Trinajstić information content (AvgIpc) is 2.69. The highest BCUT2D eigenvalue weighted by atomic mass is 17.2. The predicted molar refractivity (Wildman–Crippen MR) is 102 cm³/mol. The third-order valence-corrected chi connectivity index (χ3v) is 3.34. The fourth-order valence-electron chi connectivity index (χ4n) is 2.04. The highest BCUT2D eigenvalue weighted by Gasteiger charge is 2.10. The van der Waals surface area contributed by atoms with Crippen molar-refractivity contribution in [3.8, 4) is 0 Å². The van der Waals surface area contributed by atoms with Gasteiger partial charge in [-0.2, -0.15) is 4.89 Å². The molecule has 0 spiro atoms. The number of hydrogen-bond acceptors (Lipinski definition) is 8. The smallest absolute Gasteiger partial charge is 0.407 e. The number of nitrogens with one attached hydrogen (secondary N) is 3. The van der Waals surface area contributed by atoms with E-state index in [1.165, 1.54) is 18.2 Å². The van der Waals surface area contributed by atoms with Crippen molar-refractivity contribution in [3.05, 3.63) is 47.2 Å². The van der Waals surface area contributed by atoms with Crippen molar-refractivity contribution >= 4 is 30.1 Å². The summed E-state index contributed by atoms with van der Waals surface area (Å²) >= 11 is 0. The van der Waals surface area contributed by atoms with Gasteiger partial charge < -0.3 is 14.9 Å². The Morgan fingerprint density at radius 3 is 2.18 bits per heavy atom. The van der Waals surface area contributed by atoms with E-state index in [0.29, 0.717) is 43.3 Å². The van der Waals surface area contributed by atoms with E-state index >= 15 is 0 Å². The van der Waals surface area contributed by atoms with Gasteiger partial charge in [0.15, 0.2) is 12.6 Å². The summed E-state index contributed by atoms with van der Waals surface area (Å²) in [7, 11) is 0. The molecule has 9 heteroatoms. The van der Waals surface area contributed by atoms with Crippen molar-refractivity contribution < 1.29 is 28.9 Å². The predicted octanol–water partition coefficient (Wildman–Crippen LogP) is 2.31. The molecule has 0 heterocycles. The van der Waals surface area contributed by atoms with Gasteiger partial charge in [0.25, 0.3) is 0 Å². The molecule has 0 fully saturated rings. The largest absolute Gasteiger partial charge is 0.450 e. The van der Waals surface area contributed by atoms with Crippen LogP contribution < -0.4 is 5.32 Å². The second-order valence-corrected chi connectivity index (χ2v) is 5.79. The number of amides is 1. The first-order valence-electron chi connectivity index (χ1n) is 8.45. The van der Waals surface area contributed by atoms with Gasteiger partial charge in [-0.05, 0) is 43.5 Å². The number of allylic oxidation sites excluding steroid dienone is 1. The average molecular weight is 389 g/mol. The molecule has 3 N–H and O–H groups in total. The van der Waals surface area contributed by atoms with Crippen LogP contribution in [0.5, 0.6) is 0 Å². The molecule has 0 aliphatic rings. The van der Waals surface area contributed by atoms with Gasteiger partial charge in [0, 0.05) is 17.7 Å². The minimum absolute atomic E-state index is 0.0491. The van der Waals surface area contributed by atoms with Gasteiger partial charge in [0.1, 0.15) is 17.2 Å². The number of benzene rings is 1. The van der Waals surface area contributed by atoms with Gasteiger partial charge in [0.05, 0.1) is 13.2 Å². The second kappa shape index (κ2) is 12.1. The zero-order chi connectivity index (χ0) is 20.9. The number of carbonyl (C=O) groups excluding carboxylic acids is 3. The summed E-state index contributed by atoms with van der Waals surface area (Å²) in [6, 6.07) is 4.45. The molecule has 1 aromatic rings. The van der Waals surface area contributed by atoms with Crippen molar-refractivity contribution in [2.24, 2.45) is 0 Å². The van der Waals surface area contributed by atoms with E-state index in [0.717, 1.165) is 0 Å². The lowest BCUT2D eigenvalue weighted by Crippen LogP contribution is -2.24. The summed E-state index contributed by atoms with van der Waals surface area (Å²) in [5.74, 6) is 0.453. The lowest BCUT2D eigenvalue weighted by molar-refractivity contribution is -0.261. The maximum atomic E-state index is 11.7. The SMILES string of the molecule is C=C(C)OOCCCCOC(=O)NCc1cc(C(=N)C=O)cc(C(=N)C=O)c1. The van der Waals surface area contributed by atoms with Crippen LogP contribution in [-0.2, 0) is 30.6 Å². The van der Waals surface area contributed by atoms with E-state index in [1.807, 2.05) is 0 Å². The number of rotatable bonds is 13. The fraction of sp³-hybridized carbons (Fsp3) is 0.316. The molecule has 28 heavy (non-hydrogen) atoms. The van der Waals surface area contributed by atoms with Crippen molar-refractivity contribution in [1.82, 2.24) is 5.32 Å². The van der Waals surface area contributed by atoms with Gasteiger partial charge in [0.2, 0.25) is 0 Å². The Balaban J connectivity index is 2.50. The maximum absolute atomic E-state index is 11.7. The highest BCUT2D eigenvalue weighted by Crippen LogP contribution is 2.11. The molecular weight excluding hydrogens is 366 g/mol. The standard InChI is InChI=1S/C19H23N3O6/c1-13(2)28-27-6-4-3-5-26-19(25)22-10-14-7-15(17(20)11-23)9-16(8-14)18(21)12-24/h7-9,11-12,20-21H,1,3-6,10H2,2H3,(H,22,25). The topological polar surface area (TPSA) is 139 Å². The minimum Gasteiger partial charge on any atom is -0.450 e. The quantitative estimate of drug-likeness (QED) is 0.118. The summed E-state index contributed by atoms with van der Waals surface area (Å²) in [4.78, 5) is 43.0. The molecule has 1 rings (SSSR count). The van der Waals surface area contributed by atoms with Gasteiger partial charge in [-0.25, -0.2) is 4.79 Å². The van der Waals surface area contributed by atoms with Crippen LogP contribution in [0.2, 0.25) is 0 Å². The zero-order valence-corrected chi connectivity index (χ0v) is 15.6. The summed E-state index contributed by atoms with van der Waals surface area (Å²) in [6.07, 6.45) is 1.30. The lowest BCUT2D eigenvalue weighted by atomic mass is 10.0. The number of hydrogen-bond donors (Lipinski definition) is 3. The zero-order valence-electron chi connectivity index (χ0n) is 15.6. The summed E-state index contributed by atoms with van der Waals surface area (Å²) in [5, 5.41) is 17.8. The first kappa shape index (κ1) is 22.7. The number of ether oxygens (including phenoxy) is 1. The molecule has 0 unspecified atom stereocenters. The van der Waals surface area contributed by atoms with Gasteiger partial charge in [-0.3, -0.25) is 20.4 Å². The van der Waals surface area contributed by atoms with E-state index in [1.54, 1.807) is 6.92 Å². The Labute approximate surface area is 162 Å².